The lowest BCUT2D eigenvalue weighted by molar-refractivity contribution is 0.134. The van der Waals surface area contributed by atoms with Gasteiger partial charge in [-0.2, -0.15) is 0 Å². The molecule has 0 spiro atoms. The predicted octanol–water partition coefficient (Wildman–Crippen LogP) is 3.13. The van der Waals surface area contributed by atoms with Crippen molar-refractivity contribution in [3.63, 3.8) is 0 Å². The lowest BCUT2D eigenvalue weighted by Crippen LogP contribution is -2.44. The summed E-state index contributed by atoms with van der Waals surface area (Å²) in [4.78, 5) is 5.56. The van der Waals surface area contributed by atoms with E-state index in [1.54, 1.807) is 0 Å². The van der Waals surface area contributed by atoms with Crippen LogP contribution in [0.1, 0.15) is 57.8 Å². The summed E-state index contributed by atoms with van der Waals surface area (Å²) < 4.78 is 0. The molecule has 2 heterocycles. The molecule has 2 heteroatoms. The third-order valence-corrected chi connectivity index (χ3v) is 5.47. The number of nitrogens with zero attached hydrogens (tertiary/aromatic N) is 2. The molecule has 2 aliphatic heterocycles. The Morgan fingerprint density at radius 2 is 1.56 bits per heavy atom. The molecule has 3 rings (SSSR count). The molecule has 2 nitrogen and oxygen atoms in total. The van der Waals surface area contributed by atoms with Gasteiger partial charge in [0.2, 0.25) is 0 Å². The average Bonchev–Trinajstić information content (AvgIpc) is 2.82. The Kier molecular flexibility index (Phi) is 4.58. The van der Waals surface area contributed by atoms with Crippen LogP contribution in [0.25, 0.3) is 0 Å². The summed E-state index contributed by atoms with van der Waals surface area (Å²) in [6.45, 7) is 6.85. The van der Waals surface area contributed by atoms with Crippen LogP contribution in [0.3, 0.4) is 0 Å². The number of piperidine rings is 1. The van der Waals surface area contributed by atoms with Crippen LogP contribution in [-0.2, 0) is 0 Å². The normalized spacial score (nSPS) is 32.3. The fourth-order valence-corrected chi connectivity index (χ4v) is 4.32. The maximum Gasteiger partial charge on any atom is 0.0223 e. The van der Waals surface area contributed by atoms with Gasteiger partial charge in [0, 0.05) is 12.6 Å². The maximum absolute atomic E-state index is 2.79. The first-order valence-electron chi connectivity index (χ1n) is 8.38. The van der Waals surface area contributed by atoms with Crippen molar-refractivity contribution < 1.29 is 0 Å². The van der Waals surface area contributed by atoms with Crippen LogP contribution in [0.4, 0.5) is 0 Å². The standard InChI is InChI=1S/C16H30N2/c1-2-7-15(6-1)9-13-17-10-5-12-18-11-4-3-8-16(18)14-17/h15-16H,1-14H2. The third kappa shape index (κ3) is 3.27. The van der Waals surface area contributed by atoms with Crippen molar-refractivity contribution in [2.45, 2.75) is 63.8 Å². The Morgan fingerprint density at radius 1 is 0.778 bits per heavy atom. The van der Waals surface area contributed by atoms with Crippen LogP contribution < -0.4 is 0 Å². The highest BCUT2D eigenvalue weighted by atomic mass is 15.2. The van der Waals surface area contributed by atoms with Crippen LogP contribution in [0.2, 0.25) is 0 Å². The molecule has 0 aromatic rings. The van der Waals surface area contributed by atoms with Gasteiger partial charge in [-0.25, -0.2) is 0 Å². The van der Waals surface area contributed by atoms with E-state index in [9.17, 15) is 0 Å². The molecule has 3 aliphatic rings. The van der Waals surface area contributed by atoms with Crippen molar-refractivity contribution in [2.75, 3.05) is 32.7 Å². The molecule has 0 N–H and O–H groups in total. The van der Waals surface area contributed by atoms with Gasteiger partial charge in [0.25, 0.3) is 0 Å². The van der Waals surface area contributed by atoms with Crippen LogP contribution >= 0.6 is 0 Å². The molecule has 2 saturated heterocycles. The predicted molar refractivity (Wildman–Crippen MR) is 76.8 cm³/mol. The number of rotatable bonds is 3. The van der Waals surface area contributed by atoms with Gasteiger partial charge < -0.3 is 4.90 Å². The molecule has 18 heavy (non-hydrogen) atoms. The van der Waals surface area contributed by atoms with Crippen LogP contribution in [0, 0.1) is 5.92 Å². The maximum atomic E-state index is 2.79. The zero-order valence-corrected chi connectivity index (χ0v) is 11.9. The van der Waals surface area contributed by atoms with E-state index in [4.69, 9.17) is 0 Å². The van der Waals surface area contributed by atoms with Crippen LogP contribution in [0.15, 0.2) is 0 Å². The van der Waals surface area contributed by atoms with Crippen molar-refractivity contribution in [1.82, 2.24) is 9.80 Å². The van der Waals surface area contributed by atoms with Crippen molar-refractivity contribution >= 4 is 0 Å². The van der Waals surface area contributed by atoms with Gasteiger partial charge in [-0.1, -0.05) is 32.1 Å². The quantitative estimate of drug-likeness (QED) is 0.759. The van der Waals surface area contributed by atoms with E-state index in [-0.39, 0.29) is 0 Å². The average molecular weight is 250 g/mol. The van der Waals surface area contributed by atoms with E-state index in [0.717, 1.165) is 12.0 Å². The molecule has 0 amide bonds. The summed E-state index contributed by atoms with van der Waals surface area (Å²) in [6, 6.07) is 0.893. The summed E-state index contributed by atoms with van der Waals surface area (Å²) in [5.74, 6) is 1.07. The second-order valence-electron chi connectivity index (χ2n) is 6.78. The molecular weight excluding hydrogens is 220 g/mol. The number of hydrogen-bond donors (Lipinski definition) is 0. The second kappa shape index (κ2) is 6.38. The Labute approximate surface area is 113 Å². The molecule has 104 valence electrons. The summed E-state index contributed by atoms with van der Waals surface area (Å²) in [7, 11) is 0. The van der Waals surface area contributed by atoms with Gasteiger partial charge in [0.1, 0.15) is 0 Å². The fraction of sp³-hybridized carbons (Fsp3) is 1.00. The van der Waals surface area contributed by atoms with E-state index in [1.165, 1.54) is 90.5 Å². The molecule has 1 saturated carbocycles. The van der Waals surface area contributed by atoms with Gasteiger partial charge >= 0.3 is 0 Å². The summed E-state index contributed by atoms with van der Waals surface area (Å²) in [5.41, 5.74) is 0. The smallest absolute Gasteiger partial charge is 0.0223 e. The van der Waals surface area contributed by atoms with Crippen molar-refractivity contribution in [1.29, 1.82) is 0 Å². The molecule has 0 aromatic heterocycles. The molecule has 3 fully saturated rings. The van der Waals surface area contributed by atoms with E-state index in [1.807, 2.05) is 0 Å². The topological polar surface area (TPSA) is 6.48 Å². The molecule has 1 unspecified atom stereocenters. The highest BCUT2D eigenvalue weighted by molar-refractivity contribution is 4.83. The van der Waals surface area contributed by atoms with Crippen molar-refractivity contribution in [2.24, 2.45) is 5.92 Å². The van der Waals surface area contributed by atoms with Crippen LogP contribution in [0.5, 0.6) is 0 Å². The first kappa shape index (κ1) is 12.9. The molecule has 0 radical (unpaired) electrons. The first-order valence-corrected chi connectivity index (χ1v) is 8.38. The first-order chi connectivity index (χ1) is 8.92. The molecule has 1 atom stereocenters. The zero-order chi connectivity index (χ0) is 12.2. The van der Waals surface area contributed by atoms with E-state index < -0.39 is 0 Å². The number of hydrogen-bond acceptors (Lipinski definition) is 2. The Hall–Kier alpha value is -0.0800. The minimum atomic E-state index is 0.893. The Balaban J connectivity index is 1.46. The fourth-order valence-electron chi connectivity index (χ4n) is 4.32. The summed E-state index contributed by atoms with van der Waals surface area (Å²) in [6.07, 6.45) is 13.3. The Morgan fingerprint density at radius 3 is 2.44 bits per heavy atom. The van der Waals surface area contributed by atoms with Gasteiger partial charge in [0.05, 0.1) is 0 Å². The van der Waals surface area contributed by atoms with E-state index in [2.05, 4.69) is 9.80 Å². The number of fused-ring (bicyclic) bond motifs is 1. The SMILES string of the molecule is C1CCC(CCN2CCCN3CCCCC3C2)C1. The highest BCUT2D eigenvalue weighted by Gasteiger charge is 2.27. The summed E-state index contributed by atoms with van der Waals surface area (Å²) in [5, 5.41) is 0. The largest absolute Gasteiger partial charge is 0.302 e. The zero-order valence-electron chi connectivity index (χ0n) is 11.9. The molecule has 1 aliphatic carbocycles. The van der Waals surface area contributed by atoms with Gasteiger partial charge in [-0.3, -0.25) is 4.90 Å². The van der Waals surface area contributed by atoms with E-state index in [0.29, 0.717) is 0 Å². The minimum Gasteiger partial charge on any atom is -0.302 e. The van der Waals surface area contributed by atoms with E-state index >= 15 is 0 Å². The van der Waals surface area contributed by atoms with Crippen molar-refractivity contribution in [3.05, 3.63) is 0 Å². The van der Waals surface area contributed by atoms with Gasteiger partial charge in [0.15, 0.2) is 0 Å². The molecular formula is C16H30N2. The Bertz CT molecular complexity index is 247. The lowest BCUT2D eigenvalue weighted by atomic mass is 10.0. The van der Waals surface area contributed by atoms with Gasteiger partial charge in [-0.15, -0.1) is 0 Å². The monoisotopic (exact) mass is 250 g/mol. The highest BCUT2D eigenvalue weighted by Crippen LogP contribution is 2.28. The van der Waals surface area contributed by atoms with Gasteiger partial charge in [-0.05, 0) is 57.8 Å². The summed E-state index contributed by atoms with van der Waals surface area (Å²) >= 11 is 0. The molecule has 0 bridgehead atoms. The minimum absolute atomic E-state index is 0.893. The van der Waals surface area contributed by atoms with Crippen LogP contribution in [-0.4, -0.2) is 48.6 Å². The second-order valence-corrected chi connectivity index (χ2v) is 6.78. The van der Waals surface area contributed by atoms with Crippen molar-refractivity contribution in [3.8, 4) is 0 Å². The molecule has 0 aromatic carbocycles. The lowest BCUT2D eigenvalue weighted by Gasteiger charge is -2.35. The third-order valence-electron chi connectivity index (χ3n) is 5.47.